The first-order valence-corrected chi connectivity index (χ1v) is 12.2. The van der Waals surface area contributed by atoms with E-state index in [-0.39, 0.29) is 23.8 Å². The van der Waals surface area contributed by atoms with Gasteiger partial charge >= 0.3 is 0 Å². The Labute approximate surface area is 205 Å². The molecule has 1 unspecified atom stereocenters. The molecule has 3 aliphatic rings. The largest absolute Gasteiger partial charge is 0.384 e. The number of aromatic nitrogens is 1. The van der Waals surface area contributed by atoms with E-state index in [4.69, 9.17) is 16.9 Å². The minimum absolute atomic E-state index is 0.0421. The molecule has 1 aromatic heterocycles. The zero-order valence-electron chi connectivity index (χ0n) is 19.6. The third-order valence-electron chi connectivity index (χ3n) is 7.35. The Balaban J connectivity index is 1.61. The van der Waals surface area contributed by atoms with E-state index in [0.717, 1.165) is 43.2 Å². The van der Waals surface area contributed by atoms with Gasteiger partial charge in [-0.3, -0.25) is 10.2 Å². The summed E-state index contributed by atoms with van der Waals surface area (Å²) in [6.07, 6.45) is 17.1. The lowest BCUT2D eigenvalue weighted by Gasteiger charge is -2.27. The highest BCUT2D eigenvalue weighted by atomic mass is 16.2. The third-order valence-corrected chi connectivity index (χ3v) is 7.35. The van der Waals surface area contributed by atoms with Gasteiger partial charge in [0.15, 0.2) is 0 Å². The number of hydrogen-bond donors (Lipinski definition) is 4. The number of nitrogens with zero attached hydrogens (tertiary/aromatic N) is 2. The van der Waals surface area contributed by atoms with Gasteiger partial charge in [-0.25, -0.2) is 0 Å². The van der Waals surface area contributed by atoms with E-state index >= 15 is 0 Å². The molecule has 0 saturated heterocycles. The third kappa shape index (κ3) is 4.33. The average molecular weight is 467 g/mol. The predicted molar refractivity (Wildman–Crippen MR) is 138 cm³/mol. The van der Waals surface area contributed by atoms with Crippen molar-refractivity contribution >= 4 is 22.6 Å². The zero-order chi connectivity index (χ0) is 24.5. The smallest absolute Gasteiger partial charge is 0.269 e. The number of hydrogen-bond acceptors (Lipinski definition) is 4. The van der Waals surface area contributed by atoms with Crippen LogP contribution in [-0.2, 0) is 6.54 Å². The van der Waals surface area contributed by atoms with Crippen molar-refractivity contribution in [3.63, 3.8) is 0 Å². The summed E-state index contributed by atoms with van der Waals surface area (Å²) in [6, 6.07) is 7.83. The number of nitrogens with two attached hydrogens (primary N) is 2. The first-order valence-electron chi connectivity index (χ1n) is 12.2. The van der Waals surface area contributed by atoms with Gasteiger partial charge in [0.05, 0.1) is 11.1 Å². The average Bonchev–Trinajstić information content (AvgIpc) is 3.18. The lowest BCUT2D eigenvalue weighted by molar-refractivity contribution is 0.0917. The van der Waals surface area contributed by atoms with Crippen molar-refractivity contribution in [2.24, 2.45) is 17.4 Å². The molecule has 5 rings (SSSR count). The van der Waals surface area contributed by atoms with Gasteiger partial charge in [-0.05, 0) is 49.3 Å². The second-order valence-corrected chi connectivity index (χ2v) is 9.62. The molecule has 7 nitrogen and oxygen atoms in total. The zero-order valence-corrected chi connectivity index (χ0v) is 19.6. The van der Waals surface area contributed by atoms with Crippen LogP contribution in [0.15, 0.2) is 65.8 Å². The van der Waals surface area contributed by atoms with Gasteiger partial charge in [-0.15, -0.1) is 0 Å². The van der Waals surface area contributed by atoms with Gasteiger partial charge in [-0.1, -0.05) is 48.6 Å². The lowest BCUT2D eigenvalue weighted by Crippen LogP contribution is -2.41. The summed E-state index contributed by atoms with van der Waals surface area (Å²) in [7, 11) is 0. The van der Waals surface area contributed by atoms with Gasteiger partial charge in [-0.2, -0.15) is 5.26 Å². The monoisotopic (exact) mass is 466 g/mol. The molecule has 0 spiro atoms. The Hall–Kier alpha value is -3.89. The number of amides is 1. The molecule has 1 atom stereocenters. The van der Waals surface area contributed by atoms with Crippen LogP contribution in [0.4, 0.5) is 0 Å². The normalized spacial score (nSPS) is 23.3. The van der Waals surface area contributed by atoms with Crippen molar-refractivity contribution in [2.75, 3.05) is 0 Å². The molecule has 178 valence electrons. The number of nitriles is 1. The first kappa shape index (κ1) is 22.9. The fourth-order valence-electron chi connectivity index (χ4n) is 5.44. The molecular formula is C28H30N6O. The Bertz CT molecular complexity index is 1360. The number of benzene rings is 1. The molecule has 3 aliphatic carbocycles. The van der Waals surface area contributed by atoms with E-state index < -0.39 is 0 Å². The quantitative estimate of drug-likeness (QED) is 0.394. The molecule has 7 heteroatoms. The van der Waals surface area contributed by atoms with Crippen LogP contribution < -0.4 is 16.8 Å². The summed E-state index contributed by atoms with van der Waals surface area (Å²) < 4.78 is 1.92. The number of carbonyl (C=O) groups excluding carboxylic acids is 1. The maximum Gasteiger partial charge on any atom is 0.269 e. The fourth-order valence-corrected chi connectivity index (χ4v) is 5.44. The molecule has 1 amide bonds. The number of carbonyl (C=O) groups is 1. The van der Waals surface area contributed by atoms with E-state index in [9.17, 15) is 10.1 Å². The summed E-state index contributed by atoms with van der Waals surface area (Å²) in [5.74, 6) is 0.0140. The van der Waals surface area contributed by atoms with Crippen LogP contribution in [0.1, 0.15) is 53.7 Å². The molecular weight excluding hydrogens is 436 g/mol. The summed E-state index contributed by atoms with van der Waals surface area (Å²) in [6.45, 7) is 0.443. The highest BCUT2D eigenvalue weighted by Crippen LogP contribution is 2.35. The van der Waals surface area contributed by atoms with Crippen molar-refractivity contribution in [1.29, 1.82) is 10.7 Å². The van der Waals surface area contributed by atoms with Crippen molar-refractivity contribution in [1.82, 2.24) is 9.88 Å². The fraction of sp³-hybridized carbons (Fsp3) is 0.321. The standard InChI is InChI=1S/C28H30N6O/c29-15-24-23-13-8-18(27(31)32)14-25(23)34(16-19-6-3-5-17-4-1-2-7-22(17)19)26(24)28(35)33-21-11-9-20(30)10-12-21/h1-3,5-8,13-14,17,20-21H,4,9-12,16,30H2,(H3,31,32)(H,33,35). The van der Waals surface area contributed by atoms with Gasteiger partial charge < -0.3 is 21.4 Å². The second-order valence-electron chi connectivity index (χ2n) is 9.62. The number of nitrogens with one attached hydrogen (secondary N) is 2. The van der Waals surface area contributed by atoms with Crippen LogP contribution in [0.2, 0.25) is 0 Å². The van der Waals surface area contributed by atoms with Gasteiger partial charge in [0.25, 0.3) is 5.91 Å². The van der Waals surface area contributed by atoms with E-state index in [1.807, 2.05) is 4.57 Å². The number of allylic oxidation sites excluding steroid dienone is 8. The molecule has 2 aromatic rings. The van der Waals surface area contributed by atoms with Crippen LogP contribution in [0.3, 0.4) is 0 Å². The molecule has 0 bridgehead atoms. The minimum Gasteiger partial charge on any atom is -0.384 e. The van der Waals surface area contributed by atoms with Gasteiger partial charge in [0, 0.05) is 35.5 Å². The summed E-state index contributed by atoms with van der Waals surface area (Å²) in [5, 5.41) is 21.9. The van der Waals surface area contributed by atoms with E-state index in [0.29, 0.717) is 34.7 Å². The van der Waals surface area contributed by atoms with Crippen LogP contribution in [0.5, 0.6) is 0 Å². The summed E-state index contributed by atoms with van der Waals surface area (Å²) in [5.41, 5.74) is 16.2. The first-order chi connectivity index (χ1) is 17.0. The molecule has 0 aliphatic heterocycles. The van der Waals surface area contributed by atoms with Crippen molar-refractivity contribution in [3.05, 3.63) is 82.6 Å². The van der Waals surface area contributed by atoms with Crippen LogP contribution in [0, 0.1) is 22.7 Å². The molecule has 1 aromatic carbocycles. The van der Waals surface area contributed by atoms with E-state index in [1.165, 1.54) is 5.57 Å². The van der Waals surface area contributed by atoms with Crippen LogP contribution in [-0.4, -0.2) is 28.4 Å². The molecule has 0 radical (unpaired) electrons. The Morgan fingerprint density at radius 3 is 2.74 bits per heavy atom. The second kappa shape index (κ2) is 9.40. The van der Waals surface area contributed by atoms with Crippen molar-refractivity contribution in [3.8, 4) is 6.07 Å². The Kier molecular flexibility index (Phi) is 6.14. The van der Waals surface area contributed by atoms with E-state index in [2.05, 4.69) is 47.8 Å². The number of rotatable bonds is 5. The molecule has 1 heterocycles. The number of amidine groups is 1. The lowest BCUT2D eigenvalue weighted by atomic mass is 9.83. The molecule has 1 fully saturated rings. The molecule has 1 saturated carbocycles. The highest BCUT2D eigenvalue weighted by molar-refractivity contribution is 6.06. The SMILES string of the molecule is N#Cc1c(C(=O)NC2CCC(N)CC2)n(CC2=CC=CC3CC=CC=C23)c2cc(C(=N)N)ccc12. The Morgan fingerprint density at radius 1 is 1.20 bits per heavy atom. The topological polar surface area (TPSA) is 134 Å². The van der Waals surface area contributed by atoms with Gasteiger partial charge in [0.2, 0.25) is 0 Å². The Morgan fingerprint density at radius 2 is 2.00 bits per heavy atom. The molecule has 6 N–H and O–H groups in total. The number of fused-ring (bicyclic) bond motifs is 2. The minimum atomic E-state index is -0.247. The molecule has 35 heavy (non-hydrogen) atoms. The number of nitrogen functional groups attached to an aromatic ring is 1. The summed E-state index contributed by atoms with van der Waals surface area (Å²) >= 11 is 0. The summed E-state index contributed by atoms with van der Waals surface area (Å²) in [4.78, 5) is 13.7. The van der Waals surface area contributed by atoms with Crippen molar-refractivity contribution in [2.45, 2.75) is 50.7 Å². The highest BCUT2D eigenvalue weighted by Gasteiger charge is 2.28. The van der Waals surface area contributed by atoms with E-state index in [1.54, 1.807) is 18.2 Å². The van der Waals surface area contributed by atoms with Gasteiger partial charge in [0.1, 0.15) is 17.6 Å². The predicted octanol–water partition coefficient (Wildman–Crippen LogP) is 3.80. The van der Waals surface area contributed by atoms with Crippen LogP contribution >= 0.6 is 0 Å². The maximum atomic E-state index is 13.7. The van der Waals surface area contributed by atoms with Crippen molar-refractivity contribution < 1.29 is 4.79 Å². The maximum absolute atomic E-state index is 13.7. The van der Waals surface area contributed by atoms with Crippen LogP contribution in [0.25, 0.3) is 10.9 Å².